The summed E-state index contributed by atoms with van der Waals surface area (Å²) >= 11 is 3.96. The van der Waals surface area contributed by atoms with Crippen LogP contribution in [0, 0.1) is 0 Å². The molecule has 0 spiro atoms. The molecule has 0 amide bonds. The molecule has 1 nitrogen and oxygen atoms in total. The van der Waals surface area contributed by atoms with Gasteiger partial charge in [-0.3, -0.25) is 0 Å². The van der Waals surface area contributed by atoms with Crippen molar-refractivity contribution in [1.29, 1.82) is 0 Å². The predicted molar refractivity (Wildman–Crippen MR) is 53.2 cm³/mol. The summed E-state index contributed by atoms with van der Waals surface area (Å²) in [6, 6.07) is 0. The molecule has 68 valence electrons. The molecule has 0 bridgehead atoms. The zero-order chi connectivity index (χ0) is 8.36. The first-order valence-corrected chi connectivity index (χ1v) is 5.23. The van der Waals surface area contributed by atoms with Crippen LogP contribution in [0.4, 0.5) is 0 Å². The van der Waals surface area contributed by atoms with Crippen LogP contribution >= 0.6 is 12.6 Å². The zero-order valence-corrected chi connectivity index (χ0v) is 8.41. The van der Waals surface area contributed by atoms with Gasteiger partial charge in [-0.1, -0.05) is 39.0 Å². The molecule has 0 saturated heterocycles. The lowest BCUT2D eigenvalue weighted by atomic mass is 10.1. The van der Waals surface area contributed by atoms with Crippen LogP contribution in [0.3, 0.4) is 0 Å². The van der Waals surface area contributed by atoms with Crippen LogP contribution in [0.2, 0.25) is 0 Å². The van der Waals surface area contributed by atoms with E-state index in [1.807, 2.05) is 0 Å². The van der Waals surface area contributed by atoms with E-state index in [0.717, 1.165) is 6.61 Å². The molecule has 11 heavy (non-hydrogen) atoms. The summed E-state index contributed by atoms with van der Waals surface area (Å²) in [7, 11) is 0. The number of rotatable bonds is 8. The van der Waals surface area contributed by atoms with Crippen LogP contribution in [0.1, 0.15) is 45.4 Å². The Morgan fingerprint density at radius 2 is 1.64 bits per heavy atom. The topological polar surface area (TPSA) is 9.23 Å². The van der Waals surface area contributed by atoms with Gasteiger partial charge in [0.15, 0.2) is 0 Å². The number of hydrogen-bond donors (Lipinski definition) is 1. The van der Waals surface area contributed by atoms with Gasteiger partial charge in [-0.05, 0) is 6.42 Å². The molecule has 0 heterocycles. The highest BCUT2D eigenvalue weighted by Crippen LogP contribution is 2.04. The summed E-state index contributed by atoms with van der Waals surface area (Å²) in [5, 5.41) is 0. The normalized spacial score (nSPS) is 10.4. The zero-order valence-electron chi connectivity index (χ0n) is 7.51. The van der Waals surface area contributed by atoms with Gasteiger partial charge >= 0.3 is 0 Å². The molecule has 0 saturated carbocycles. The lowest BCUT2D eigenvalue weighted by Crippen LogP contribution is -1.91. The van der Waals surface area contributed by atoms with Gasteiger partial charge in [-0.25, -0.2) is 0 Å². The molecular formula is C9H20OS. The Hall–Kier alpha value is 0.310. The van der Waals surface area contributed by atoms with Crippen molar-refractivity contribution in [2.24, 2.45) is 0 Å². The summed E-state index contributed by atoms with van der Waals surface area (Å²) in [5.41, 5.74) is 0. The lowest BCUT2D eigenvalue weighted by molar-refractivity contribution is 0.178. The van der Waals surface area contributed by atoms with Gasteiger partial charge in [-0.15, -0.1) is 0 Å². The maximum atomic E-state index is 5.10. The van der Waals surface area contributed by atoms with E-state index >= 15 is 0 Å². The SMILES string of the molecule is CCCCCCCCOCS. The second kappa shape index (κ2) is 10.3. The van der Waals surface area contributed by atoms with E-state index in [4.69, 9.17) is 4.74 Å². The first kappa shape index (κ1) is 11.3. The maximum absolute atomic E-state index is 5.10. The number of unbranched alkanes of at least 4 members (excludes halogenated alkanes) is 5. The van der Waals surface area contributed by atoms with Gasteiger partial charge in [-0.2, -0.15) is 12.6 Å². The number of ether oxygens (including phenoxy) is 1. The monoisotopic (exact) mass is 176 g/mol. The molecule has 0 atom stereocenters. The summed E-state index contributed by atoms with van der Waals surface area (Å²) in [4.78, 5) is 0. The lowest BCUT2D eigenvalue weighted by Gasteiger charge is -2.00. The van der Waals surface area contributed by atoms with Crippen molar-refractivity contribution in [3.05, 3.63) is 0 Å². The van der Waals surface area contributed by atoms with Crippen molar-refractivity contribution in [3.63, 3.8) is 0 Å². The highest BCUT2D eigenvalue weighted by Gasteiger charge is 1.88. The molecule has 0 rings (SSSR count). The van der Waals surface area contributed by atoms with Crippen LogP contribution in [-0.4, -0.2) is 12.5 Å². The second-order valence-corrected chi connectivity index (χ2v) is 3.06. The molecule has 0 aliphatic rings. The summed E-state index contributed by atoms with van der Waals surface area (Å²) < 4.78 is 5.10. The fourth-order valence-corrected chi connectivity index (χ4v) is 1.18. The smallest absolute Gasteiger partial charge is 0.0892 e. The largest absolute Gasteiger partial charge is 0.371 e. The van der Waals surface area contributed by atoms with Crippen molar-refractivity contribution in [3.8, 4) is 0 Å². The van der Waals surface area contributed by atoms with Crippen LogP contribution in [0.15, 0.2) is 0 Å². The molecule has 0 aliphatic heterocycles. The average molecular weight is 176 g/mol. The Bertz CT molecular complexity index is 58.6. The molecule has 0 unspecified atom stereocenters. The van der Waals surface area contributed by atoms with Crippen molar-refractivity contribution in [1.82, 2.24) is 0 Å². The van der Waals surface area contributed by atoms with E-state index in [1.165, 1.54) is 38.5 Å². The Balaban J connectivity index is 2.69. The minimum atomic E-state index is 0.564. The van der Waals surface area contributed by atoms with E-state index in [9.17, 15) is 0 Å². The summed E-state index contributed by atoms with van der Waals surface area (Å²) in [6.45, 7) is 3.12. The maximum Gasteiger partial charge on any atom is 0.0892 e. The molecule has 0 aromatic rings. The average Bonchev–Trinajstić information content (AvgIpc) is 2.03. The third-order valence-electron chi connectivity index (χ3n) is 1.73. The minimum absolute atomic E-state index is 0.564. The van der Waals surface area contributed by atoms with Gasteiger partial charge in [0, 0.05) is 6.61 Å². The highest BCUT2D eigenvalue weighted by atomic mass is 32.1. The van der Waals surface area contributed by atoms with E-state index in [0.29, 0.717) is 5.94 Å². The predicted octanol–water partition coefficient (Wildman–Crippen LogP) is 3.25. The van der Waals surface area contributed by atoms with Crippen LogP contribution in [0.25, 0.3) is 0 Å². The van der Waals surface area contributed by atoms with Crippen molar-refractivity contribution in [2.45, 2.75) is 45.4 Å². The second-order valence-electron chi connectivity index (χ2n) is 2.81. The molecule has 0 N–H and O–H groups in total. The van der Waals surface area contributed by atoms with E-state index in [1.54, 1.807) is 0 Å². The highest BCUT2D eigenvalue weighted by molar-refractivity contribution is 7.80. The quantitative estimate of drug-likeness (QED) is 0.339. The molecule has 0 aromatic carbocycles. The first-order valence-electron chi connectivity index (χ1n) is 4.60. The third-order valence-corrected chi connectivity index (χ3v) is 1.92. The van der Waals surface area contributed by atoms with Gasteiger partial charge in [0.05, 0.1) is 5.94 Å². The van der Waals surface area contributed by atoms with Crippen molar-refractivity contribution >= 4 is 12.6 Å². The van der Waals surface area contributed by atoms with Crippen molar-refractivity contribution in [2.75, 3.05) is 12.5 Å². The molecule has 0 aliphatic carbocycles. The van der Waals surface area contributed by atoms with Crippen LogP contribution < -0.4 is 0 Å². The fourth-order valence-electron chi connectivity index (χ4n) is 1.05. The Labute approximate surface area is 75.9 Å². The summed E-state index contributed by atoms with van der Waals surface area (Å²) in [5.74, 6) is 0.564. The number of thiol groups is 1. The van der Waals surface area contributed by atoms with Gasteiger partial charge in [0.1, 0.15) is 0 Å². The first-order chi connectivity index (χ1) is 5.41. The number of hydrogen-bond acceptors (Lipinski definition) is 2. The minimum Gasteiger partial charge on any atom is -0.371 e. The Morgan fingerprint density at radius 3 is 2.27 bits per heavy atom. The van der Waals surface area contributed by atoms with E-state index in [-0.39, 0.29) is 0 Å². The fraction of sp³-hybridized carbons (Fsp3) is 1.00. The van der Waals surface area contributed by atoms with Gasteiger partial charge in [0.2, 0.25) is 0 Å². The molecule has 0 radical (unpaired) electrons. The summed E-state index contributed by atoms with van der Waals surface area (Å²) in [6.07, 6.45) is 7.97. The molecule has 0 fully saturated rings. The standard InChI is InChI=1S/C9H20OS/c1-2-3-4-5-6-7-8-10-9-11/h11H,2-9H2,1H3. The van der Waals surface area contributed by atoms with Crippen molar-refractivity contribution < 1.29 is 4.74 Å². The van der Waals surface area contributed by atoms with Gasteiger partial charge in [0.25, 0.3) is 0 Å². The molecule has 0 aromatic heterocycles. The third kappa shape index (κ3) is 10.3. The molecular weight excluding hydrogens is 156 g/mol. The van der Waals surface area contributed by atoms with Crippen LogP contribution in [-0.2, 0) is 4.74 Å². The van der Waals surface area contributed by atoms with E-state index < -0.39 is 0 Å². The van der Waals surface area contributed by atoms with Gasteiger partial charge < -0.3 is 4.74 Å². The Kier molecular flexibility index (Phi) is 10.6. The van der Waals surface area contributed by atoms with Crippen LogP contribution in [0.5, 0.6) is 0 Å². The van der Waals surface area contributed by atoms with E-state index in [2.05, 4.69) is 19.6 Å². The Morgan fingerprint density at radius 1 is 1.00 bits per heavy atom. The molecule has 2 heteroatoms.